The van der Waals surface area contributed by atoms with Crippen LogP contribution in [0.25, 0.3) is 0 Å². The predicted molar refractivity (Wildman–Crippen MR) is 103 cm³/mol. The summed E-state index contributed by atoms with van der Waals surface area (Å²) in [5.41, 5.74) is 5.94. The van der Waals surface area contributed by atoms with Crippen LogP contribution >= 0.6 is 0 Å². The number of aromatic amines is 1. The summed E-state index contributed by atoms with van der Waals surface area (Å²) in [5, 5.41) is 13.4. The minimum Gasteiger partial charge on any atom is -0.411 e. The van der Waals surface area contributed by atoms with E-state index < -0.39 is 0 Å². The lowest BCUT2D eigenvalue weighted by molar-refractivity contribution is 0.116. The van der Waals surface area contributed by atoms with E-state index in [4.69, 9.17) is 4.84 Å². The molecule has 3 heterocycles. The van der Waals surface area contributed by atoms with E-state index in [9.17, 15) is 0 Å². The second kappa shape index (κ2) is 7.46. The van der Waals surface area contributed by atoms with Crippen LogP contribution in [0.2, 0.25) is 0 Å². The number of nitrogens with one attached hydrogen (secondary N) is 4. The molecule has 0 fully saturated rings. The number of aromatic nitrogens is 4. The molecular weight excluding hydrogens is 342 g/mol. The molecule has 4 N–H and O–H groups in total. The average Bonchev–Trinajstić information content (AvgIpc) is 3.29. The summed E-state index contributed by atoms with van der Waals surface area (Å²) in [4.78, 5) is 14.5. The third-order valence-electron chi connectivity index (χ3n) is 4.07. The number of benzene rings is 1. The van der Waals surface area contributed by atoms with Gasteiger partial charge in [-0.25, -0.2) is 4.98 Å². The van der Waals surface area contributed by atoms with E-state index in [2.05, 4.69) is 48.4 Å². The Labute approximate surface area is 157 Å². The third kappa shape index (κ3) is 4.24. The topological polar surface area (TPSA) is 99.8 Å². The van der Waals surface area contributed by atoms with Crippen molar-refractivity contribution >= 4 is 17.6 Å². The van der Waals surface area contributed by atoms with Crippen molar-refractivity contribution in [2.75, 3.05) is 17.2 Å². The van der Waals surface area contributed by atoms with Crippen LogP contribution in [-0.2, 0) is 4.84 Å². The molecule has 0 bridgehead atoms. The van der Waals surface area contributed by atoms with Crippen molar-refractivity contribution in [3.05, 3.63) is 71.3 Å². The van der Waals surface area contributed by atoms with Crippen LogP contribution in [0.15, 0.2) is 54.3 Å². The number of aryl methyl sites for hydroxylation is 2. The van der Waals surface area contributed by atoms with E-state index in [0.29, 0.717) is 18.3 Å². The molecule has 8 nitrogen and oxygen atoms in total. The van der Waals surface area contributed by atoms with Crippen molar-refractivity contribution in [1.82, 2.24) is 25.6 Å². The van der Waals surface area contributed by atoms with Crippen molar-refractivity contribution in [1.29, 1.82) is 0 Å². The van der Waals surface area contributed by atoms with Gasteiger partial charge >= 0.3 is 0 Å². The molecule has 1 aromatic carbocycles. The number of H-pyrrole nitrogens is 1. The van der Waals surface area contributed by atoms with Crippen molar-refractivity contribution in [3.8, 4) is 0 Å². The number of nitrogens with zero attached hydrogens (tertiary/aromatic N) is 3. The maximum absolute atomic E-state index is 5.56. The highest BCUT2D eigenvalue weighted by Crippen LogP contribution is 2.22. The zero-order chi connectivity index (χ0) is 18.6. The zero-order valence-corrected chi connectivity index (χ0v) is 15.2. The fourth-order valence-corrected chi connectivity index (χ4v) is 2.81. The van der Waals surface area contributed by atoms with Gasteiger partial charge in [-0.3, -0.25) is 5.10 Å². The molecule has 27 heavy (non-hydrogen) atoms. The first-order chi connectivity index (χ1) is 13.2. The van der Waals surface area contributed by atoms with Gasteiger partial charge in [0.05, 0.1) is 18.3 Å². The van der Waals surface area contributed by atoms with Crippen molar-refractivity contribution in [3.63, 3.8) is 0 Å². The van der Waals surface area contributed by atoms with Gasteiger partial charge in [-0.05, 0) is 25.5 Å². The van der Waals surface area contributed by atoms with Crippen LogP contribution in [0, 0.1) is 13.8 Å². The Balaban J connectivity index is 1.41. The van der Waals surface area contributed by atoms with Gasteiger partial charge in [0.1, 0.15) is 17.4 Å². The molecule has 0 spiro atoms. The van der Waals surface area contributed by atoms with Crippen LogP contribution in [0.5, 0.6) is 0 Å². The second-order valence-corrected chi connectivity index (χ2v) is 6.36. The second-order valence-electron chi connectivity index (χ2n) is 6.36. The summed E-state index contributed by atoms with van der Waals surface area (Å²) < 4.78 is 0. The lowest BCUT2D eigenvalue weighted by Crippen LogP contribution is -2.14. The standard InChI is InChI=1S/C19H21N7O/c1-12-8-17(22-18-9-13(2)24-25-18)23-19(21-12)20-11-15-10-16(26-27-15)14-6-4-3-5-7-14/h3-10,16,26H,11H2,1-2H3,(H3,20,21,22,23,24,25). The van der Waals surface area contributed by atoms with Gasteiger partial charge in [0.15, 0.2) is 0 Å². The summed E-state index contributed by atoms with van der Waals surface area (Å²) in [6.07, 6.45) is 2.05. The van der Waals surface area contributed by atoms with E-state index >= 15 is 0 Å². The van der Waals surface area contributed by atoms with E-state index in [1.54, 1.807) is 0 Å². The third-order valence-corrected chi connectivity index (χ3v) is 4.07. The van der Waals surface area contributed by atoms with Crippen LogP contribution < -0.4 is 16.1 Å². The van der Waals surface area contributed by atoms with Gasteiger partial charge in [-0.1, -0.05) is 30.3 Å². The molecule has 0 amide bonds. The van der Waals surface area contributed by atoms with Crippen LogP contribution in [-0.4, -0.2) is 26.7 Å². The number of hydrogen-bond acceptors (Lipinski definition) is 7. The normalized spacial score (nSPS) is 15.9. The highest BCUT2D eigenvalue weighted by Gasteiger charge is 2.18. The van der Waals surface area contributed by atoms with E-state index in [0.717, 1.165) is 28.5 Å². The molecule has 0 radical (unpaired) electrons. The predicted octanol–water partition coefficient (Wildman–Crippen LogP) is 3.13. The quantitative estimate of drug-likeness (QED) is 0.534. The Hall–Kier alpha value is -3.39. The first-order valence-electron chi connectivity index (χ1n) is 8.72. The zero-order valence-electron chi connectivity index (χ0n) is 15.2. The molecular formula is C19H21N7O. The highest BCUT2D eigenvalue weighted by molar-refractivity contribution is 5.54. The van der Waals surface area contributed by atoms with E-state index in [1.807, 2.05) is 50.3 Å². The Bertz CT molecular complexity index is 952. The first-order valence-corrected chi connectivity index (χ1v) is 8.72. The highest BCUT2D eigenvalue weighted by atomic mass is 16.7. The molecule has 1 atom stereocenters. The minimum absolute atomic E-state index is 0.0438. The van der Waals surface area contributed by atoms with E-state index in [-0.39, 0.29) is 6.04 Å². The lowest BCUT2D eigenvalue weighted by atomic mass is 10.1. The Morgan fingerprint density at radius 2 is 1.93 bits per heavy atom. The fourth-order valence-electron chi connectivity index (χ4n) is 2.81. The lowest BCUT2D eigenvalue weighted by Gasteiger charge is -2.09. The van der Waals surface area contributed by atoms with Crippen molar-refractivity contribution < 1.29 is 4.84 Å². The first kappa shape index (κ1) is 17.0. The maximum atomic E-state index is 5.56. The monoisotopic (exact) mass is 363 g/mol. The molecule has 138 valence electrons. The fraction of sp³-hybridized carbons (Fsp3) is 0.211. The van der Waals surface area contributed by atoms with Gasteiger partial charge in [0.2, 0.25) is 5.95 Å². The average molecular weight is 363 g/mol. The molecule has 1 aliphatic rings. The van der Waals surface area contributed by atoms with Crippen LogP contribution in [0.3, 0.4) is 0 Å². The molecule has 3 aromatic rings. The number of hydroxylamine groups is 1. The molecule has 1 aliphatic heterocycles. The number of rotatable bonds is 6. The van der Waals surface area contributed by atoms with Gasteiger partial charge in [-0.15, -0.1) is 5.48 Å². The van der Waals surface area contributed by atoms with Gasteiger partial charge in [0.25, 0.3) is 0 Å². The van der Waals surface area contributed by atoms with Gasteiger partial charge in [-0.2, -0.15) is 10.1 Å². The summed E-state index contributed by atoms with van der Waals surface area (Å²) in [5.74, 6) is 2.80. The molecule has 2 aromatic heterocycles. The SMILES string of the molecule is Cc1cc(Nc2cc(C)nc(NCC3=CC(c4ccccc4)NO3)n2)[nH]n1. The molecule has 4 rings (SSSR count). The summed E-state index contributed by atoms with van der Waals surface area (Å²) in [6, 6.07) is 14.0. The maximum Gasteiger partial charge on any atom is 0.225 e. The molecule has 0 saturated heterocycles. The Kier molecular flexibility index (Phi) is 4.71. The van der Waals surface area contributed by atoms with Gasteiger partial charge in [0, 0.05) is 17.8 Å². The molecule has 1 unspecified atom stereocenters. The Morgan fingerprint density at radius 3 is 2.70 bits per heavy atom. The minimum atomic E-state index is 0.0438. The van der Waals surface area contributed by atoms with E-state index in [1.165, 1.54) is 0 Å². The van der Waals surface area contributed by atoms with Crippen molar-refractivity contribution in [2.45, 2.75) is 19.9 Å². The largest absolute Gasteiger partial charge is 0.411 e. The summed E-state index contributed by atoms with van der Waals surface area (Å²) >= 11 is 0. The summed E-state index contributed by atoms with van der Waals surface area (Å²) in [7, 11) is 0. The molecule has 8 heteroatoms. The van der Waals surface area contributed by atoms with Crippen LogP contribution in [0.1, 0.15) is 23.0 Å². The molecule has 0 saturated carbocycles. The molecule has 0 aliphatic carbocycles. The van der Waals surface area contributed by atoms with Crippen molar-refractivity contribution in [2.24, 2.45) is 0 Å². The Morgan fingerprint density at radius 1 is 1.07 bits per heavy atom. The number of anilines is 3. The summed E-state index contributed by atoms with van der Waals surface area (Å²) in [6.45, 7) is 4.34. The van der Waals surface area contributed by atoms with Crippen LogP contribution in [0.4, 0.5) is 17.6 Å². The number of hydrogen-bond donors (Lipinski definition) is 4. The van der Waals surface area contributed by atoms with Gasteiger partial charge < -0.3 is 15.5 Å². The smallest absolute Gasteiger partial charge is 0.225 e.